The smallest absolute Gasteiger partial charge is 0.447 e. The lowest BCUT2D eigenvalue weighted by Crippen LogP contribution is -2.41. The number of rotatable bonds is 5. The highest BCUT2D eigenvalue weighted by molar-refractivity contribution is 6.62. The van der Waals surface area contributed by atoms with Gasteiger partial charge in [-0.05, 0) is 45.9 Å². The zero-order valence-electron chi connectivity index (χ0n) is 18.3. The molecule has 3 rings (SSSR count). The van der Waals surface area contributed by atoms with Gasteiger partial charge >= 0.3 is 13.1 Å². The molecule has 1 unspecified atom stereocenters. The van der Waals surface area contributed by atoms with E-state index in [1.54, 1.807) is 39.8 Å². The number of anilines is 1. The molecule has 1 atom stereocenters. The van der Waals surface area contributed by atoms with Gasteiger partial charge in [-0.15, -0.1) is 0 Å². The van der Waals surface area contributed by atoms with Crippen molar-refractivity contribution < 1.29 is 32.4 Å². The summed E-state index contributed by atoms with van der Waals surface area (Å²) in [4.78, 5) is 24.3. The Kier molecular flexibility index (Phi) is 6.65. The van der Waals surface area contributed by atoms with Gasteiger partial charge in [-0.1, -0.05) is 29.8 Å². The van der Waals surface area contributed by atoms with E-state index in [0.29, 0.717) is 5.02 Å². The van der Waals surface area contributed by atoms with Gasteiger partial charge in [0.2, 0.25) is 6.10 Å². The number of carbonyl (C=O) groups is 2. The maximum atomic E-state index is 14.9. The van der Waals surface area contributed by atoms with Crippen LogP contribution in [0.2, 0.25) is 5.02 Å². The van der Waals surface area contributed by atoms with Crippen LogP contribution in [0.1, 0.15) is 46.3 Å². The van der Waals surface area contributed by atoms with Gasteiger partial charge in [-0.3, -0.25) is 9.59 Å². The summed E-state index contributed by atoms with van der Waals surface area (Å²) in [6.45, 7) is 8.30. The molecule has 170 valence electrons. The molecule has 0 radical (unpaired) electrons. The first-order chi connectivity index (χ1) is 14.8. The third kappa shape index (κ3) is 4.80. The molecule has 0 aromatic heterocycles. The van der Waals surface area contributed by atoms with Crippen LogP contribution in [0.4, 0.5) is 14.5 Å². The number of hydrogen-bond donors (Lipinski definition) is 1. The Morgan fingerprint density at radius 2 is 1.69 bits per heavy atom. The lowest BCUT2D eigenvalue weighted by atomic mass is 9.78. The van der Waals surface area contributed by atoms with Crippen molar-refractivity contribution in [3.63, 3.8) is 0 Å². The molecule has 32 heavy (non-hydrogen) atoms. The molecule has 6 nitrogen and oxygen atoms in total. The van der Waals surface area contributed by atoms with Crippen molar-refractivity contribution in [3.05, 3.63) is 58.6 Å². The van der Waals surface area contributed by atoms with Crippen molar-refractivity contribution in [3.8, 4) is 0 Å². The minimum absolute atomic E-state index is 0.134. The number of halogens is 3. The van der Waals surface area contributed by atoms with Crippen molar-refractivity contribution in [2.75, 3.05) is 5.32 Å². The molecule has 1 saturated heterocycles. The monoisotopic (exact) mass is 465 g/mol. The van der Waals surface area contributed by atoms with E-state index in [-0.39, 0.29) is 11.0 Å². The van der Waals surface area contributed by atoms with E-state index in [4.69, 9.17) is 25.6 Å². The van der Waals surface area contributed by atoms with Crippen LogP contribution in [-0.2, 0) is 23.6 Å². The van der Waals surface area contributed by atoms with Crippen LogP contribution < -0.4 is 10.8 Å². The van der Waals surface area contributed by atoms with E-state index in [0.717, 1.165) is 6.92 Å². The van der Waals surface area contributed by atoms with Crippen LogP contribution in [0.25, 0.3) is 0 Å². The summed E-state index contributed by atoms with van der Waals surface area (Å²) in [5, 5.41) is 2.59. The van der Waals surface area contributed by atoms with Crippen LogP contribution in [0.3, 0.4) is 0 Å². The lowest BCUT2D eigenvalue weighted by molar-refractivity contribution is -0.152. The Bertz CT molecular complexity index is 1050. The molecule has 1 aliphatic rings. The van der Waals surface area contributed by atoms with Crippen LogP contribution in [-0.4, -0.2) is 30.2 Å². The van der Waals surface area contributed by atoms with E-state index >= 15 is 0 Å². The molecule has 1 N–H and O–H groups in total. The Hall–Kier alpha value is -2.49. The average molecular weight is 466 g/mol. The largest absolute Gasteiger partial charge is 0.497 e. The average Bonchev–Trinajstić information content (AvgIpc) is 2.90. The summed E-state index contributed by atoms with van der Waals surface area (Å²) in [5.41, 5.74) is -1.75. The highest BCUT2D eigenvalue weighted by Gasteiger charge is 2.52. The first kappa shape index (κ1) is 24.2. The number of esters is 1. The molecule has 2 aromatic rings. The van der Waals surface area contributed by atoms with Gasteiger partial charge in [0.25, 0.3) is 5.91 Å². The van der Waals surface area contributed by atoms with Crippen molar-refractivity contribution in [2.24, 2.45) is 0 Å². The second-order valence-corrected chi connectivity index (χ2v) is 8.89. The molecule has 0 saturated carbocycles. The maximum absolute atomic E-state index is 14.9. The standard InChI is InChI=1S/C22H23BClF2NO5/c1-12(28)30-19(13-7-6-8-14(24)11-13)20(29)27-16-10-9-15(17(25)18(16)26)23-31-21(2,3)22(4,5)32-23/h6-11,19H,1-5H3,(H,27,29). The maximum Gasteiger partial charge on any atom is 0.497 e. The summed E-state index contributed by atoms with van der Waals surface area (Å²) in [5.74, 6) is -4.11. The van der Waals surface area contributed by atoms with E-state index in [1.165, 1.54) is 24.3 Å². The molecule has 0 bridgehead atoms. The van der Waals surface area contributed by atoms with E-state index in [1.807, 2.05) is 0 Å². The summed E-state index contributed by atoms with van der Waals surface area (Å²) in [7, 11) is -1.11. The number of amides is 1. The van der Waals surface area contributed by atoms with E-state index in [2.05, 4.69) is 5.32 Å². The summed E-state index contributed by atoms with van der Waals surface area (Å²) in [6.07, 6.45) is -1.41. The van der Waals surface area contributed by atoms with Crippen molar-refractivity contribution in [2.45, 2.75) is 51.9 Å². The van der Waals surface area contributed by atoms with Crippen molar-refractivity contribution >= 4 is 41.7 Å². The number of carbonyl (C=O) groups excluding carboxylic acids is 2. The third-order valence-electron chi connectivity index (χ3n) is 5.55. The van der Waals surface area contributed by atoms with Gasteiger partial charge in [0.1, 0.15) is 0 Å². The molecule has 1 heterocycles. The Balaban J connectivity index is 1.86. The molecular formula is C22H23BClF2NO5. The molecule has 10 heteroatoms. The number of hydrogen-bond acceptors (Lipinski definition) is 5. The Morgan fingerprint density at radius 1 is 1.06 bits per heavy atom. The van der Waals surface area contributed by atoms with Gasteiger partial charge < -0.3 is 19.4 Å². The molecule has 1 amide bonds. The van der Waals surface area contributed by atoms with Crippen LogP contribution >= 0.6 is 11.6 Å². The molecule has 2 aromatic carbocycles. The van der Waals surface area contributed by atoms with Crippen molar-refractivity contribution in [1.82, 2.24) is 0 Å². The topological polar surface area (TPSA) is 73.9 Å². The van der Waals surface area contributed by atoms with Crippen molar-refractivity contribution in [1.29, 1.82) is 0 Å². The minimum atomic E-state index is -1.41. The van der Waals surface area contributed by atoms with Gasteiger partial charge in [0.05, 0.1) is 16.9 Å². The van der Waals surface area contributed by atoms with Crippen LogP contribution in [0.5, 0.6) is 0 Å². The zero-order valence-corrected chi connectivity index (χ0v) is 19.0. The minimum Gasteiger partial charge on any atom is -0.447 e. The van der Waals surface area contributed by atoms with Gasteiger partial charge in [0, 0.05) is 23.0 Å². The highest BCUT2D eigenvalue weighted by atomic mass is 35.5. The third-order valence-corrected chi connectivity index (χ3v) is 5.79. The number of ether oxygens (including phenoxy) is 1. The normalized spacial score (nSPS) is 17.7. The quantitative estimate of drug-likeness (QED) is 0.530. The lowest BCUT2D eigenvalue weighted by Gasteiger charge is -2.32. The van der Waals surface area contributed by atoms with Gasteiger partial charge in [0.15, 0.2) is 11.6 Å². The van der Waals surface area contributed by atoms with Crippen LogP contribution in [0.15, 0.2) is 36.4 Å². The Morgan fingerprint density at radius 3 is 2.25 bits per heavy atom. The number of nitrogens with one attached hydrogen (secondary N) is 1. The molecular weight excluding hydrogens is 443 g/mol. The Labute approximate surface area is 190 Å². The first-order valence-corrected chi connectivity index (χ1v) is 10.3. The predicted molar refractivity (Wildman–Crippen MR) is 117 cm³/mol. The number of benzene rings is 2. The fourth-order valence-electron chi connectivity index (χ4n) is 3.12. The zero-order chi connectivity index (χ0) is 23.8. The molecule has 1 aliphatic heterocycles. The van der Waals surface area contributed by atoms with E-state index < -0.39 is 53.6 Å². The second-order valence-electron chi connectivity index (χ2n) is 8.45. The summed E-state index contributed by atoms with van der Waals surface area (Å²) in [6, 6.07) is 8.58. The molecule has 0 aliphatic carbocycles. The second kappa shape index (κ2) is 8.81. The predicted octanol–water partition coefficient (Wildman–Crippen LogP) is 4.16. The SMILES string of the molecule is CC(=O)OC(C(=O)Nc1ccc(B2OC(C)(C)C(C)(C)O2)c(F)c1F)c1cccc(Cl)c1. The summed E-state index contributed by atoms with van der Waals surface area (Å²) < 4.78 is 46.3. The van der Waals surface area contributed by atoms with Gasteiger partial charge in [-0.25, -0.2) is 8.78 Å². The van der Waals surface area contributed by atoms with E-state index in [9.17, 15) is 18.4 Å². The molecule has 0 spiro atoms. The highest BCUT2D eigenvalue weighted by Crippen LogP contribution is 2.37. The fourth-order valence-corrected chi connectivity index (χ4v) is 3.32. The summed E-state index contributed by atoms with van der Waals surface area (Å²) >= 11 is 5.95. The first-order valence-electron chi connectivity index (χ1n) is 9.89. The van der Waals surface area contributed by atoms with Crippen LogP contribution in [0, 0.1) is 11.6 Å². The fraction of sp³-hybridized carbons (Fsp3) is 0.364. The molecule has 1 fully saturated rings. The van der Waals surface area contributed by atoms with Gasteiger partial charge in [-0.2, -0.15) is 0 Å².